The maximum atomic E-state index is 14.3. The van der Waals surface area contributed by atoms with Crippen LogP contribution >= 0.6 is 11.6 Å². The first-order valence-electron chi connectivity index (χ1n) is 21.2. The Morgan fingerprint density at radius 1 is 0.968 bits per heavy atom. The molecule has 4 aliphatic heterocycles. The van der Waals surface area contributed by atoms with Gasteiger partial charge in [0.2, 0.25) is 5.91 Å². The molecule has 1 aromatic carbocycles. The summed E-state index contributed by atoms with van der Waals surface area (Å²) in [6, 6.07) is 8.02. The molecule has 8 rings (SSSR count). The molecule has 7 heterocycles. The molecule has 4 aromatic rings. The molecule has 21 heteroatoms. The number of piperidine rings is 1. The number of carboxylic acid groups (broad SMARTS) is 1. The number of halogens is 4. The number of carboxylic acids is 1. The van der Waals surface area contributed by atoms with Crippen LogP contribution in [-0.4, -0.2) is 147 Å². The number of rotatable bonds is 13. The predicted molar refractivity (Wildman–Crippen MR) is 224 cm³/mol. The van der Waals surface area contributed by atoms with Crippen LogP contribution in [0, 0.1) is 11.8 Å². The Bertz CT molecular complexity index is 2330. The lowest BCUT2D eigenvalue weighted by molar-refractivity contribution is -0.931. The van der Waals surface area contributed by atoms with E-state index in [4.69, 9.17) is 11.6 Å². The van der Waals surface area contributed by atoms with Gasteiger partial charge in [-0.25, -0.2) is 14.6 Å². The number of quaternary nitrogens is 1. The van der Waals surface area contributed by atoms with Crippen LogP contribution in [0.5, 0.6) is 0 Å². The van der Waals surface area contributed by atoms with E-state index in [1.165, 1.54) is 48.4 Å². The molecule has 4 N–H and O–H groups in total. The molecule has 3 aromatic heterocycles. The van der Waals surface area contributed by atoms with E-state index in [0.717, 1.165) is 49.4 Å². The number of hydrogen-bond donors (Lipinski definition) is 4. The molecule has 0 unspecified atom stereocenters. The van der Waals surface area contributed by atoms with Crippen molar-refractivity contribution in [1.82, 2.24) is 44.7 Å². The molecular weight excluding hydrogens is 845 g/mol. The molecule has 0 bridgehead atoms. The lowest BCUT2D eigenvalue weighted by atomic mass is 9.90. The van der Waals surface area contributed by atoms with Gasteiger partial charge < -0.3 is 50.0 Å². The van der Waals surface area contributed by atoms with Crippen molar-refractivity contribution in [2.75, 3.05) is 89.2 Å². The molecule has 4 fully saturated rings. The minimum absolute atomic E-state index is 0.00690. The van der Waals surface area contributed by atoms with Crippen molar-refractivity contribution in [3.63, 3.8) is 0 Å². The summed E-state index contributed by atoms with van der Waals surface area (Å²) in [5.41, 5.74) is -0.330. The SMILES string of the molecule is Cn1c(-c2cn(-c3ccc(NC[C@@H]4CCCN4)cn3)nc2C(F)(F)F)cnc1C(=O)Nc1ccc(C(=O)N2CCN(C(=O)C3CC[N+](CC(=O)[O-])(CC4CNC4)CC3)CC2)c(Cl)c1. The number of pyridine rings is 1. The number of aliphatic carboxylic acids is 1. The number of likely N-dealkylation sites (tertiary alicyclic amines) is 1. The number of nitrogens with one attached hydrogen (secondary N) is 4. The molecular formula is C42H50ClF3N12O5. The van der Waals surface area contributed by atoms with Crippen molar-refractivity contribution < 1.29 is 41.9 Å². The summed E-state index contributed by atoms with van der Waals surface area (Å²) in [4.78, 5) is 64.0. The molecule has 0 radical (unpaired) electrons. The van der Waals surface area contributed by atoms with Crippen LogP contribution in [0.3, 0.4) is 0 Å². The van der Waals surface area contributed by atoms with E-state index < -0.39 is 23.7 Å². The number of carbonyl (C=O) groups excluding carboxylic acids is 4. The Morgan fingerprint density at radius 2 is 1.70 bits per heavy atom. The van der Waals surface area contributed by atoms with Crippen LogP contribution in [0.25, 0.3) is 17.1 Å². The number of anilines is 2. The van der Waals surface area contributed by atoms with Crippen molar-refractivity contribution in [3.8, 4) is 17.1 Å². The van der Waals surface area contributed by atoms with E-state index in [1.807, 2.05) is 0 Å². The van der Waals surface area contributed by atoms with Gasteiger partial charge in [-0.05, 0) is 49.7 Å². The Hall–Kier alpha value is -5.57. The van der Waals surface area contributed by atoms with Crippen LogP contribution in [0.2, 0.25) is 5.02 Å². The van der Waals surface area contributed by atoms with Gasteiger partial charge in [-0.15, -0.1) is 0 Å². The summed E-state index contributed by atoms with van der Waals surface area (Å²) >= 11 is 6.58. The first-order chi connectivity index (χ1) is 30.2. The molecule has 0 aliphatic carbocycles. The molecule has 4 aliphatic rings. The van der Waals surface area contributed by atoms with Crippen molar-refractivity contribution >= 4 is 46.7 Å². The molecule has 336 valence electrons. The van der Waals surface area contributed by atoms with Gasteiger partial charge in [0.1, 0.15) is 6.54 Å². The quantitative estimate of drug-likeness (QED) is 0.144. The number of amides is 3. The second-order valence-corrected chi connectivity index (χ2v) is 17.4. The number of aromatic nitrogens is 5. The summed E-state index contributed by atoms with van der Waals surface area (Å²) in [6.45, 7) is 6.62. The Kier molecular flexibility index (Phi) is 12.8. The molecule has 0 spiro atoms. The lowest BCUT2D eigenvalue weighted by Crippen LogP contribution is -2.63. The van der Waals surface area contributed by atoms with Crippen molar-refractivity contribution in [2.24, 2.45) is 18.9 Å². The van der Waals surface area contributed by atoms with Crippen LogP contribution in [0.4, 0.5) is 24.5 Å². The van der Waals surface area contributed by atoms with Crippen molar-refractivity contribution in [1.29, 1.82) is 0 Å². The van der Waals surface area contributed by atoms with Gasteiger partial charge in [-0.2, -0.15) is 18.3 Å². The van der Waals surface area contributed by atoms with Crippen molar-refractivity contribution in [2.45, 2.75) is 37.9 Å². The number of alkyl halides is 3. The largest absolute Gasteiger partial charge is 0.544 e. The number of carbonyl (C=O) groups is 4. The van der Waals surface area contributed by atoms with Crippen LogP contribution in [-0.2, 0) is 22.8 Å². The highest BCUT2D eigenvalue weighted by atomic mass is 35.5. The third kappa shape index (κ3) is 9.83. The van der Waals surface area contributed by atoms with Crippen LogP contribution in [0.15, 0.2) is 48.9 Å². The lowest BCUT2D eigenvalue weighted by Gasteiger charge is -2.47. The zero-order chi connectivity index (χ0) is 44.5. The van der Waals surface area contributed by atoms with E-state index >= 15 is 0 Å². The average Bonchev–Trinajstić information content (AvgIpc) is 4.02. The first kappa shape index (κ1) is 44.1. The van der Waals surface area contributed by atoms with Gasteiger partial charge in [-0.3, -0.25) is 14.4 Å². The second-order valence-electron chi connectivity index (χ2n) is 17.0. The van der Waals surface area contributed by atoms with E-state index in [9.17, 15) is 37.5 Å². The summed E-state index contributed by atoms with van der Waals surface area (Å²) in [7, 11) is 1.42. The summed E-state index contributed by atoms with van der Waals surface area (Å²) in [6.07, 6.45) is 2.43. The highest BCUT2D eigenvalue weighted by Crippen LogP contribution is 2.37. The normalized spacial score (nSPS) is 21.9. The average molecular weight is 895 g/mol. The number of benzene rings is 1. The molecule has 3 amide bonds. The van der Waals surface area contributed by atoms with Gasteiger partial charge in [0.25, 0.3) is 11.8 Å². The van der Waals surface area contributed by atoms with E-state index in [1.54, 1.807) is 21.9 Å². The molecule has 17 nitrogen and oxygen atoms in total. The third-order valence-corrected chi connectivity index (χ3v) is 13.0. The number of imidazole rings is 1. The molecule has 63 heavy (non-hydrogen) atoms. The predicted octanol–water partition coefficient (Wildman–Crippen LogP) is 2.24. The van der Waals surface area contributed by atoms with E-state index in [-0.39, 0.29) is 63.5 Å². The Balaban J connectivity index is 0.865. The maximum Gasteiger partial charge on any atom is 0.435 e. The summed E-state index contributed by atoms with van der Waals surface area (Å²) < 4.78 is 45.7. The fourth-order valence-electron chi connectivity index (χ4n) is 9.14. The molecule has 0 saturated carbocycles. The van der Waals surface area contributed by atoms with Crippen molar-refractivity contribution in [3.05, 3.63) is 71.0 Å². The topological polar surface area (TPSA) is 194 Å². The zero-order valence-electron chi connectivity index (χ0n) is 34.8. The van der Waals surface area contributed by atoms with Gasteiger partial charge >= 0.3 is 6.18 Å². The maximum absolute atomic E-state index is 14.3. The smallest absolute Gasteiger partial charge is 0.435 e. The monoisotopic (exact) mass is 894 g/mol. The minimum atomic E-state index is -4.83. The Labute approximate surface area is 366 Å². The third-order valence-electron chi connectivity index (χ3n) is 12.7. The van der Waals surface area contributed by atoms with Gasteiger partial charge in [-0.1, -0.05) is 11.6 Å². The minimum Gasteiger partial charge on any atom is -0.544 e. The fourth-order valence-corrected chi connectivity index (χ4v) is 9.40. The second kappa shape index (κ2) is 18.3. The summed E-state index contributed by atoms with van der Waals surface area (Å²) in [5.74, 6) is -1.92. The number of hydrogen-bond acceptors (Lipinski definition) is 11. The fraction of sp³-hybridized carbons (Fsp3) is 0.500. The summed E-state index contributed by atoms with van der Waals surface area (Å²) in [5, 5.41) is 28.1. The van der Waals surface area contributed by atoms with Gasteiger partial charge in [0.15, 0.2) is 17.3 Å². The Morgan fingerprint density at radius 3 is 2.32 bits per heavy atom. The van der Waals surface area contributed by atoms with E-state index in [2.05, 4.69) is 36.3 Å². The van der Waals surface area contributed by atoms with E-state index in [0.29, 0.717) is 75.1 Å². The number of piperazine rings is 1. The van der Waals surface area contributed by atoms with Gasteiger partial charge in [0, 0.05) is 95.5 Å². The first-order valence-corrected chi connectivity index (χ1v) is 21.6. The highest BCUT2D eigenvalue weighted by Gasteiger charge is 2.42. The molecule has 4 saturated heterocycles. The highest BCUT2D eigenvalue weighted by molar-refractivity contribution is 6.34. The number of nitrogens with zero attached hydrogens (tertiary/aromatic N) is 8. The zero-order valence-corrected chi connectivity index (χ0v) is 35.6. The standard InChI is InChI=1S/C42H50ClF3N12O5/c1-54-34(32-23-57(53-37(32)42(44,45)46)35-7-5-30(21-50-35)49-20-29-3-2-10-48-29)22-51-38(54)39(61)52-28-4-6-31(33(43)17-28)41(63)56-13-11-55(12-14-56)40(62)27-8-15-58(16-9-27,25-36(59)60)24-26-18-47-19-26/h4-7,17,21-23,26-27,29,47-49H,2-3,8-16,18-20,24-25H2,1H3,(H-,52,59,60,61,63)/t27?,29-,58?/m0/s1. The molecule has 1 atom stereocenters. The van der Waals surface area contributed by atoms with Crippen LogP contribution in [0.1, 0.15) is 52.4 Å². The van der Waals surface area contributed by atoms with Gasteiger partial charge in [0.05, 0.1) is 65.5 Å². The van der Waals surface area contributed by atoms with Crippen LogP contribution < -0.4 is 26.4 Å².